The highest BCUT2D eigenvalue weighted by atomic mass is 79.9. The molecule has 0 radical (unpaired) electrons. The van der Waals surface area contributed by atoms with E-state index in [1.807, 2.05) is 19.1 Å². The number of rotatable bonds is 4. The number of Topliss-reactive ketones (excluding diaryl/α,β-unsaturated/α-hetero) is 1. The number of ketones is 1. The SMILES string of the molecule is Cc1ccc(C(=O)[C@H](C)OC(=O)c2ccc(Br)o2)cc1. The lowest BCUT2D eigenvalue weighted by Gasteiger charge is -2.11. The summed E-state index contributed by atoms with van der Waals surface area (Å²) in [6.07, 6.45) is -0.867. The molecular formula is C15H13BrO4. The van der Waals surface area contributed by atoms with Crippen LogP contribution in [0.2, 0.25) is 0 Å². The third-order valence-electron chi connectivity index (χ3n) is 2.76. The van der Waals surface area contributed by atoms with Crippen LogP contribution in [0.25, 0.3) is 0 Å². The summed E-state index contributed by atoms with van der Waals surface area (Å²) in [5, 5.41) is 0. The highest BCUT2D eigenvalue weighted by molar-refractivity contribution is 9.10. The molecule has 0 unspecified atom stereocenters. The Hall–Kier alpha value is -1.88. The molecule has 0 spiro atoms. The normalized spacial score (nSPS) is 11.9. The minimum Gasteiger partial charge on any atom is -0.448 e. The molecule has 1 aromatic carbocycles. The first kappa shape index (κ1) is 14.5. The zero-order valence-corrected chi connectivity index (χ0v) is 12.6. The molecule has 0 saturated heterocycles. The fraction of sp³-hybridized carbons (Fsp3) is 0.200. The first-order chi connectivity index (χ1) is 9.47. The van der Waals surface area contributed by atoms with Gasteiger partial charge in [-0.25, -0.2) is 4.79 Å². The van der Waals surface area contributed by atoms with Gasteiger partial charge in [0, 0.05) is 5.56 Å². The van der Waals surface area contributed by atoms with Gasteiger partial charge in [-0.15, -0.1) is 0 Å². The van der Waals surface area contributed by atoms with Crippen molar-refractivity contribution in [2.45, 2.75) is 20.0 Å². The van der Waals surface area contributed by atoms with Crippen molar-refractivity contribution in [3.8, 4) is 0 Å². The number of esters is 1. The molecule has 1 aromatic heterocycles. The lowest BCUT2D eigenvalue weighted by atomic mass is 10.1. The number of furan rings is 1. The molecule has 0 aliphatic heterocycles. The Kier molecular flexibility index (Phi) is 4.39. The van der Waals surface area contributed by atoms with Crippen LogP contribution in [-0.4, -0.2) is 17.9 Å². The molecule has 0 amide bonds. The summed E-state index contributed by atoms with van der Waals surface area (Å²) in [5.74, 6) is -0.854. The summed E-state index contributed by atoms with van der Waals surface area (Å²) in [4.78, 5) is 23.9. The minimum atomic E-state index is -0.867. The predicted octanol–water partition coefficient (Wildman–Crippen LogP) is 3.78. The largest absolute Gasteiger partial charge is 0.448 e. The fourth-order valence-corrected chi connectivity index (χ4v) is 1.96. The van der Waals surface area contributed by atoms with E-state index < -0.39 is 12.1 Å². The lowest BCUT2D eigenvalue weighted by Crippen LogP contribution is -2.24. The van der Waals surface area contributed by atoms with Gasteiger partial charge in [-0.2, -0.15) is 0 Å². The smallest absolute Gasteiger partial charge is 0.374 e. The molecular weight excluding hydrogens is 324 g/mol. The van der Waals surface area contributed by atoms with Crippen LogP contribution < -0.4 is 0 Å². The van der Waals surface area contributed by atoms with E-state index in [-0.39, 0.29) is 11.5 Å². The summed E-state index contributed by atoms with van der Waals surface area (Å²) in [5.41, 5.74) is 1.57. The van der Waals surface area contributed by atoms with E-state index in [1.54, 1.807) is 18.2 Å². The van der Waals surface area contributed by atoms with Crippen LogP contribution in [0.15, 0.2) is 45.5 Å². The van der Waals surface area contributed by atoms with Crippen molar-refractivity contribution < 1.29 is 18.7 Å². The van der Waals surface area contributed by atoms with Crippen LogP contribution in [0.3, 0.4) is 0 Å². The van der Waals surface area contributed by atoms with E-state index >= 15 is 0 Å². The predicted molar refractivity (Wildman–Crippen MR) is 76.8 cm³/mol. The molecule has 2 rings (SSSR count). The van der Waals surface area contributed by atoms with Gasteiger partial charge < -0.3 is 9.15 Å². The van der Waals surface area contributed by atoms with Crippen LogP contribution in [0.1, 0.15) is 33.4 Å². The van der Waals surface area contributed by atoms with Crippen molar-refractivity contribution in [2.24, 2.45) is 0 Å². The molecule has 0 fully saturated rings. The molecule has 0 N–H and O–H groups in total. The Balaban J connectivity index is 2.04. The lowest BCUT2D eigenvalue weighted by molar-refractivity contribution is 0.0288. The van der Waals surface area contributed by atoms with Crippen LogP contribution in [0, 0.1) is 6.92 Å². The van der Waals surface area contributed by atoms with Gasteiger partial charge in [0.15, 0.2) is 10.8 Å². The molecule has 1 atom stereocenters. The van der Waals surface area contributed by atoms with Crippen molar-refractivity contribution in [3.05, 3.63) is 58.0 Å². The first-order valence-electron chi connectivity index (χ1n) is 6.04. The number of hydrogen-bond acceptors (Lipinski definition) is 4. The topological polar surface area (TPSA) is 56.5 Å². The highest BCUT2D eigenvalue weighted by Crippen LogP contribution is 2.16. The van der Waals surface area contributed by atoms with Gasteiger partial charge >= 0.3 is 5.97 Å². The first-order valence-corrected chi connectivity index (χ1v) is 6.84. The van der Waals surface area contributed by atoms with Gasteiger partial charge in [0.1, 0.15) is 0 Å². The zero-order valence-electron chi connectivity index (χ0n) is 11.1. The maximum absolute atomic E-state index is 12.1. The third-order valence-corrected chi connectivity index (χ3v) is 3.19. The molecule has 5 heteroatoms. The van der Waals surface area contributed by atoms with Crippen molar-refractivity contribution in [2.75, 3.05) is 0 Å². The second-order valence-electron chi connectivity index (χ2n) is 4.38. The van der Waals surface area contributed by atoms with Gasteiger partial charge in [-0.3, -0.25) is 4.79 Å². The monoisotopic (exact) mass is 336 g/mol. The quantitative estimate of drug-likeness (QED) is 0.629. The Morgan fingerprint density at radius 1 is 1.15 bits per heavy atom. The van der Waals surface area contributed by atoms with Gasteiger partial charge in [-0.1, -0.05) is 29.8 Å². The summed E-state index contributed by atoms with van der Waals surface area (Å²) in [6, 6.07) is 10.2. The van der Waals surface area contributed by atoms with Gasteiger partial charge in [0.25, 0.3) is 0 Å². The van der Waals surface area contributed by atoms with E-state index in [0.717, 1.165) is 5.56 Å². The molecule has 0 bridgehead atoms. The maximum Gasteiger partial charge on any atom is 0.374 e. The standard InChI is InChI=1S/C15H13BrO4/c1-9-3-5-11(6-4-9)14(17)10(2)19-15(18)12-7-8-13(16)20-12/h3-8,10H,1-2H3/t10-/m0/s1. The van der Waals surface area contributed by atoms with E-state index in [4.69, 9.17) is 9.15 Å². The van der Waals surface area contributed by atoms with Gasteiger partial charge in [0.2, 0.25) is 11.5 Å². The molecule has 0 aliphatic carbocycles. The molecule has 0 saturated carbocycles. The number of ether oxygens (including phenoxy) is 1. The molecule has 0 aliphatic rings. The van der Waals surface area contributed by atoms with E-state index in [1.165, 1.54) is 13.0 Å². The van der Waals surface area contributed by atoms with Gasteiger partial charge in [0.05, 0.1) is 0 Å². The van der Waals surface area contributed by atoms with Crippen LogP contribution in [0.5, 0.6) is 0 Å². The molecule has 20 heavy (non-hydrogen) atoms. The number of halogens is 1. The van der Waals surface area contributed by atoms with E-state index in [9.17, 15) is 9.59 Å². The van der Waals surface area contributed by atoms with E-state index in [2.05, 4.69) is 15.9 Å². The third kappa shape index (κ3) is 3.36. The summed E-state index contributed by atoms with van der Waals surface area (Å²) < 4.78 is 10.6. The Labute approximate surface area is 124 Å². The van der Waals surface area contributed by atoms with Gasteiger partial charge in [-0.05, 0) is 41.9 Å². The van der Waals surface area contributed by atoms with Crippen molar-refractivity contribution >= 4 is 27.7 Å². The number of carbonyl (C=O) groups excluding carboxylic acids is 2. The van der Waals surface area contributed by atoms with Crippen molar-refractivity contribution in [1.82, 2.24) is 0 Å². The molecule has 4 nitrogen and oxygen atoms in total. The Morgan fingerprint density at radius 2 is 1.80 bits per heavy atom. The van der Waals surface area contributed by atoms with Crippen LogP contribution in [0.4, 0.5) is 0 Å². The number of carbonyl (C=O) groups is 2. The Bertz CT molecular complexity index is 628. The second kappa shape index (κ2) is 6.05. The average Bonchev–Trinajstić information content (AvgIpc) is 2.85. The summed E-state index contributed by atoms with van der Waals surface area (Å²) >= 11 is 3.10. The number of benzene rings is 1. The highest BCUT2D eigenvalue weighted by Gasteiger charge is 2.22. The fourth-order valence-electron chi connectivity index (χ4n) is 1.65. The zero-order chi connectivity index (χ0) is 14.7. The molecule has 2 aromatic rings. The van der Waals surface area contributed by atoms with E-state index in [0.29, 0.717) is 10.2 Å². The minimum absolute atomic E-state index is 0.0560. The van der Waals surface area contributed by atoms with Crippen LogP contribution in [-0.2, 0) is 4.74 Å². The maximum atomic E-state index is 12.1. The average molecular weight is 337 g/mol. The number of hydrogen-bond donors (Lipinski definition) is 0. The number of aryl methyl sites for hydroxylation is 1. The Morgan fingerprint density at radius 3 is 2.35 bits per heavy atom. The molecule has 104 valence electrons. The molecule has 1 heterocycles. The second-order valence-corrected chi connectivity index (χ2v) is 5.16. The summed E-state index contributed by atoms with van der Waals surface area (Å²) in [6.45, 7) is 3.48. The summed E-state index contributed by atoms with van der Waals surface area (Å²) in [7, 11) is 0. The van der Waals surface area contributed by atoms with Crippen LogP contribution >= 0.6 is 15.9 Å². The van der Waals surface area contributed by atoms with Crippen molar-refractivity contribution in [3.63, 3.8) is 0 Å². The van der Waals surface area contributed by atoms with Crippen molar-refractivity contribution in [1.29, 1.82) is 0 Å².